The summed E-state index contributed by atoms with van der Waals surface area (Å²) >= 11 is 2.88. The standard InChI is InChI=1S/C16H17NO4S2/c1-2-20-16(19)13-10(12-6-4-8-22-12)9-23-15(13)17-14(18)11-5-3-7-21-11/h4,6,8-9,11H,2-3,5,7H2,1H3,(H,17,18). The summed E-state index contributed by atoms with van der Waals surface area (Å²) in [6.45, 7) is 2.66. The van der Waals surface area contributed by atoms with Gasteiger partial charge in [-0.15, -0.1) is 22.7 Å². The van der Waals surface area contributed by atoms with Gasteiger partial charge in [0.2, 0.25) is 0 Å². The summed E-state index contributed by atoms with van der Waals surface area (Å²) in [5, 5.41) is 7.18. The molecule has 122 valence electrons. The summed E-state index contributed by atoms with van der Waals surface area (Å²) in [7, 11) is 0. The molecule has 0 aromatic carbocycles. The van der Waals surface area contributed by atoms with Crippen LogP contribution in [0.3, 0.4) is 0 Å². The second kappa shape index (κ2) is 7.25. The third-order valence-electron chi connectivity index (χ3n) is 3.52. The predicted molar refractivity (Wildman–Crippen MR) is 91.2 cm³/mol. The molecule has 1 amide bonds. The molecule has 3 rings (SSSR count). The van der Waals surface area contributed by atoms with Crippen molar-refractivity contribution in [2.45, 2.75) is 25.9 Å². The van der Waals surface area contributed by atoms with Crippen LogP contribution in [0.5, 0.6) is 0 Å². The summed E-state index contributed by atoms with van der Waals surface area (Å²) in [5.74, 6) is -0.618. The van der Waals surface area contributed by atoms with E-state index in [-0.39, 0.29) is 12.5 Å². The van der Waals surface area contributed by atoms with Crippen molar-refractivity contribution >= 4 is 39.6 Å². The van der Waals surface area contributed by atoms with Gasteiger partial charge in [0, 0.05) is 22.4 Å². The van der Waals surface area contributed by atoms with E-state index in [0.29, 0.717) is 23.6 Å². The van der Waals surface area contributed by atoms with Gasteiger partial charge in [-0.1, -0.05) is 6.07 Å². The van der Waals surface area contributed by atoms with Gasteiger partial charge in [-0.3, -0.25) is 4.79 Å². The minimum Gasteiger partial charge on any atom is -0.462 e. The Hall–Kier alpha value is -1.70. The Morgan fingerprint density at radius 2 is 2.30 bits per heavy atom. The van der Waals surface area contributed by atoms with Crippen molar-refractivity contribution in [1.82, 2.24) is 0 Å². The fraction of sp³-hybridized carbons (Fsp3) is 0.375. The third-order valence-corrected chi connectivity index (χ3v) is 5.31. The first-order valence-corrected chi connectivity index (χ1v) is 9.21. The molecule has 1 unspecified atom stereocenters. The van der Waals surface area contributed by atoms with Crippen molar-refractivity contribution in [3.8, 4) is 10.4 Å². The van der Waals surface area contributed by atoms with E-state index in [2.05, 4.69) is 5.32 Å². The smallest absolute Gasteiger partial charge is 0.341 e. The second-order valence-electron chi connectivity index (χ2n) is 5.04. The number of anilines is 1. The van der Waals surface area contributed by atoms with Crippen LogP contribution in [0, 0.1) is 0 Å². The molecule has 1 aliphatic heterocycles. The molecular formula is C16H17NO4S2. The van der Waals surface area contributed by atoms with E-state index >= 15 is 0 Å². The number of esters is 1. The summed E-state index contributed by atoms with van der Waals surface area (Å²) < 4.78 is 10.6. The highest BCUT2D eigenvalue weighted by atomic mass is 32.1. The van der Waals surface area contributed by atoms with Crippen LogP contribution < -0.4 is 5.32 Å². The fourth-order valence-electron chi connectivity index (χ4n) is 2.45. The lowest BCUT2D eigenvalue weighted by atomic mass is 10.1. The molecule has 1 aliphatic rings. The summed E-state index contributed by atoms with van der Waals surface area (Å²) in [6.07, 6.45) is 1.16. The van der Waals surface area contributed by atoms with E-state index in [1.807, 2.05) is 22.9 Å². The van der Waals surface area contributed by atoms with E-state index in [4.69, 9.17) is 9.47 Å². The Bertz CT molecular complexity index is 687. The molecule has 0 aliphatic carbocycles. The zero-order chi connectivity index (χ0) is 16.2. The number of hydrogen-bond acceptors (Lipinski definition) is 6. The van der Waals surface area contributed by atoms with Crippen molar-refractivity contribution in [1.29, 1.82) is 0 Å². The maximum Gasteiger partial charge on any atom is 0.341 e. The first-order chi connectivity index (χ1) is 11.2. The Labute approximate surface area is 142 Å². The first kappa shape index (κ1) is 16.2. The third kappa shape index (κ3) is 3.46. The Kier molecular flexibility index (Phi) is 5.09. The second-order valence-corrected chi connectivity index (χ2v) is 6.87. The molecule has 0 saturated carbocycles. The van der Waals surface area contributed by atoms with E-state index < -0.39 is 12.1 Å². The van der Waals surface area contributed by atoms with Gasteiger partial charge in [-0.05, 0) is 31.2 Å². The first-order valence-electron chi connectivity index (χ1n) is 7.45. The van der Waals surface area contributed by atoms with Crippen molar-refractivity contribution in [2.24, 2.45) is 0 Å². The molecule has 1 fully saturated rings. The van der Waals surface area contributed by atoms with Crippen LogP contribution in [-0.4, -0.2) is 31.2 Å². The maximum absolute atomic E-state index is 12.4. The molecule has 23 heavy (non-hydrogen) atoms. The van der Waals surface area contributed by atoms with Crippen LogP contribution in [0.25, 0.3) is 10.4 Å². The number of thiophene rings is 2. The van der Waals surface area contributed by atoms with Gasteiger partial charge >= 0.3 is 5.97 Å². The van der Waals surface area contributed by atoms with Crippen molar-refractivity contribution < 1.29 is 19.1 Å². The number of carbonyl (C=O) groups excluding carboxylic acids is 2. The van der Waals surface area contributed by atoms with Crippen LogP contribution in [0.15, 0.2) is 22.9 Å². The van der Waals surface area contributed by atoms with Crippen molar-refractivity contribution in [3.05, 3.63) is 28.5 Å². The number of ether oxygens (including phenoxy) is 2. The predicted octanol–water partition coefficient (Wildman–Crippen LogP) is 3.77. The minimum absolute atomic E-state index is 0.201. The molecule has 3 heterocycles. The summed E-state index contributed by atoms with van der Waals surface area (Å²) in [6, 6.07) is 3.87. The van der Waals surface area contributed by atoms with Crippen LogP contribution >= 0.6 is 22.7 Å². The van der Waals surface area contributed by atoms with Crippen molar-refractivity contribution in [2.75, 3.05) is 18.5 Å². The van der Waals surface area contributed by atoms with Crippen LogP contribution in [0.4, 0.5) is 5.00 Å². The van der Waals surface area contributed by atoms with E-state index in [9.17, 15) is 9.59 Å². The Morgan fingerprint density at radius 3 is 2.96 bits per heavy atom. The maximum atomic E-state index is 12.4. The Balaban J connectivity index is 1.90. The van der Waals surface area contributed by atoms with Gasteiger partial charge in [0.25, 0.3) is 5.91 Å². The van der Waals surface area contributed by atoms with Gasteiger partial charge in [-0.2, -0.15) is 0 Å². The molecule has 5 nitrogen and oxygen atoms in total. The van der Waals surface area contributed by atoms with Crippen LogP contribution in [-0.2, 0) is 14.3 Å². The number of rotatable bonds is 5. The number of nitrogens with one attached hydrogen (secondary N) is 1. The van der Waals surface area contributed by atoms with Gasteiger partial charge < -0.3 is 14.8 Å². The fourth-order valence-corrected chi connectivity index (χ4v) is 4.22. The monoisotopic (exact) mass is 351 g/mol. The zero-order valence-corrected chi connectivity index (χ0v) is 14.3. The molecule has 7 heteroatoms. The molecule has 0 radical (unpaired) electrons. The van der Waals surface area contributed by atoms with E-state index in [1.165, 1.54) is 11.3 Å². The van der Waals surface area contributed by atoms with Gasteiger partial charge in [0.05, 0.1) is 6.61 Å². The quantitative estimate of drug-likeness (QED) is 0.833. The number of hydrogen-bond donors (Lipinski definition) is 1. The summed E-state index contributed by atoms with van der Waals surface area (Å²) in [5.41, 5.74) is 1.22. The van der Waals surface area contributed by atoms with Gasteiger partial charge in [0.15, 0.2) is 0 Å². The average molecular weight is 351 g/mol. The van der Waals surface area contributed by atoms with Gasteiger partial charge in [-0.25, -0.2) is 4.79 Å². The topological polar surface area (TPSA) is 64.6 Å². The molecular weight excluding hydrogens is 334 g/mol. The zero-order valence-electron chi connectivity index (χ0n) is 12.7. The molecule has 2 aromatic rings. The average Bonchev–Trinajstić information content (AvgIpc) is 3.28. The number of amides is 1. The van der Waals surface area contributed by atoms with Crippen molar-refractivity contribution in [3.63, 3.8) is 0 Å². The van der Waals surface area contributed by atoms with E-state index in [1.54, 1.807) is 18.3 Å². The highest BCUT2D eigenvalue weighted by molar-refractivity contribution is 7.17. The normalized spacial score (nSPS) is 17.2. The molecule has 1 saturated heterocycles. The molecule has 1 atom stereocenters. The number of carbonyl (C=O) groups is 2. The lowest BCUT2D eigenvalue weighted by Gasteiger charge is -2.11. The largest absolute Gasteiger partial charge is 0.462 e. The van der Waals surface area contributed by atoms with Gasteiger partial charge in [0.1, 0.15) is 16.7 Å². The van der Waals surface area contributed by atoms with Crippen LogP contribution in [0.1, 0.15) is 30.1 Å². The molecule has 1 N–H and O–H groups in total. The highest BCUT2D eigenvalue weighted by Crippen LogP contribution is 2.38. The Morgan fingerprint density at radius 1 is 1.43 bits per heavy atom. The molecule has 0 bridgehead atoms. The summed E-state index contributed by atoms with van der Waals surface area (Å²) in [4.78, 5) is 25.6. The van der Waals surface area contributed by atoms with E-state index in [0.717, 1.165) is 16.9 Å². The lowest BCUT2D eigenvalue weighted by Crippen LogP contribution is -2.27. The van der Waals surface area contributed by atoms with Crippen LogP contribution in [0.2, 0.25) is 0 Å². The molecule has 2 aromatic heterocycles. The lowest BCUT2D eigenvalue weighted by molar-refractivity contribution is -0.124. The highest BCUT2D eigenvalue weighted by Gasteiger charge is 2.27. The SMILES string of the molecule is CCOC(=O)c1c(-c2cccs2)csc1NC(=O)C1CCCO1. The minimum atomic E-state index is -0.433. The molecule has 0 spiro atoms.